The van der Waals surface area contributed by atoms with E-state index in [2.05, 4.69) is 15.7 Å². The quantitative estimate of drug-likeness (QED) is 0.849. The molecule has 27 heavy (non-hydrogen) atoms. The van der Waals surface area contributed by atoms with E-state index in [0.29, 0.717) is 13.1 Å². The summed E-state index contributed by atoms with van der Waals surface area (Å²) >= 11 is 0. The number of urea groups is 1. The molecular weight excluding hydrogens is 340 g/mol. The summed E-state index contributed by atoms with van der Waals surface area (Å²) in [6.07, 6.45) is 9.21. The number of nitrogens with one attached hydrogen (secondary N) is 2. The normalized spacial score (nSPS) is 20.9. The molecule has 2 amide bonds. The number of carbonyl (C=O) groups excluding carboxylic acids is 1. The van der Waals surface area contributed by atoms with Crippen molar-refractivity contribution in [2.75, 3.05) is 6.54 Å². The Morgan fingerprint density at radius 2 is 2.00 bits per heavy atom. The summed E-state index contributed by atoms with van der Waals surface area (Å²) < 4.78 is 8.08. The Hall–Kier alpha value is -2.34. The first-order valence-corrected chi connectivity index (χ1v) is 9.94. The minimum absolute atomic E-state index is 0.117. The Bertz CT molecular complexity index is 781. The van der Waals surface area contributed by atoms with Gasteiger partial charge in [0.1, 0.15) is 0 Å². The molecule has 0 bridgehead atoms. The molecule has 2 heterocycles. The van der Waals surface area contributed by atoms with Gasteiger partial charge in [-0.15, -0.1) is 0 Å². The number of carbonyl (C=O) groups is 1. The second-order valence-corrected chi connectivity index (χ2v) is 7.75. The van der Waals surface area contributed by atoms with E-state index in [1.54, 1.807) is 0 Å². The summed E-state index contributed by atoms with van der Waals surface area (Å²) in [4.78, 5) is 12.2. The van der Waals surface area contributed by atoms with E-state index in [1.807, 2.05) is 48.1 Å². The van der Waals surface area contributed by atoms with Crippen LogP contribution in [-0.2, 0) is 11.3 Å². The summed E-state index contributed by atoms with van der Waals surface area (Å²) in [6.45, 7) is 3.00. The second-order valence-electron chi connectivity index (χ2n) is 7.75. The molecule has 1 atom stereocenters. The predicted molar refractivity (Wildman–Crippen MR) is 104 cm³/mol. The van der Waals surface area contributed by atoms with Crippen molar-refractivity contribution < 1.29 is 9.53 Å². The molecule has 0 radical (unpaired) electrons. The van der Waals surface area contributed by atoms with E-state index >= 15 is 0 Å². The molecule has 1 aliphatic carbocycles. The van der Waals surface area contributed by atoms with E-state index in [4.69, 9.17) is 4.74 Å². The highest BCUT2D eigenvalue weighted by Gasteiger charge is 2.41. The highest BCUT2D eigenvalue weighted by Crippen LogP contribution is 2.43. The predicted octanol–water partition coefficient (Wildman–Crippen LogP) is 3.47. The maximum absolute atomic E-state index is 12.2. The van der Waals surface area contributed by atoms with Gasteiger partial charge in [0, 0.05) is 24.8 Å². The molecule has 1 spiro atoms. The molecule has 2 fully saturated rings. The molecule has 144 valence electrons. The fourth-order valence-corrected chi connectivity index (χ4v) is 4.25. The van der Waals surface area contributed by atoms with E-state index in [-0.39, 0.29) is 17.7 Å². The van der Waals surface area contributed by atoms with Gasteiger partial charge >= 0.3 is 6.03 Å². The van der Waals surface area contributed by atoms with Crippen LogP contribution in [0, 0.1) is 6.92 Å². The summed E-state index contributed by atoms with van der Waals surface area (Å²) in [5, 5.41) is 10.4. The van der Waals surface area contributed by atoms with Gasteiger partial charge in [-0.1, -0.05) is 31.0 Å². The number of para-hydroxylation sites is 1. The molecule has 2 aliphatic rings. The molecule has 1 aliphatic heterocycles. The molecule has 6 nitrogen and oxygen atoms in total. The molecule has 2 N–H and O–H groups in total. The van der Waals surface area contributed by atoms with Crippen molar-refractivity contribution in [3.8, 4) is 5.69 Å². The molecule has 1 aromatic heterocycles. The van der Waals surface area contributed by atoms with E-state index in [0.717, 1.165) is 29.8 Å². The third-order valence-electron chi connectivity index (χ3n) is 5.80. The molecule has 2 aromatic rings. The smallest absolute Gasteiger partial charge is 0.315 e. The molecule has 6 heteroatoms. The molecule has 1 saturated heterocycles. The number of hydrogen-bond acceptors (Lipinski definition) is 3. The second kappa shape index (κ2) is 7.72. The molecule has 1 aromatic carbocycles. The van der Waals surface area contributed by atoms with Crippen molar-refractivity contribution in [1.82, 2.24) is 20.4 Å². The lowest BCUT2D eigenvalue weighted by Gasteiger charge is -2.23. The first-order valence-electron chi connectivity index (χ1n) is 9.94. The van der Waals surface area contributed by atoms with Gasteiger partial charge in [-0.05, 0) is 44.7 Å². The van der Waals surface area contributed by atoms with Crippen molar-refractivity contribution in [3.05, 3.63) is 47.8 Å². The fourth-order valence-electron chi connectivity index (χ4n) is 4.25. The van der Waals surface area contributed by atoms with Crippen LogP contribution in [0.25, 0.3) is 5.69 Å². The number of benzene rings is 1. The number of amides is 2. The Kier molecular flexibility index (Phi) is 5.16. The Labute approximate surface area is 160 Å². The minimum atomic E-state index is -0.155. The lowest BCUT2D eigenvalue weighted by atomic mass is 9.98. The maximum Gasteiger partial charge on any atom is 0.315 e. The van der Waals surface area contributed by atoms with Gasteiger partial charge in [-0.25, -0.2) is 9.48 Å². The van der Waals surface area contributed by atoms with Crippen LogP contribution >= 0.6 is 0 Å². The van der Waals surface area contributed by atoms with Crippen LogP contribution in [0.5, 0.6) is 0 Å². The van der Waals surface area contributed by atoms with Crippen molar-refractivity contribution >= 4 is 6.03 Å². The van der Waals surface area contributed by atoms with Crippen molar-refractivity contribution in [1.29, 1.82) is 0 Å². The number of hydrogen-bond donors (Lipinski definition) is 2. The van der Waals surface area contributed by atoms with Crippen LogP contribution in [0.15, 0.2) is 36.5 Å². The SMILES string of the molecule is Cc1nn(-c2ccccc2)cc1CNC(=O)NCC1CCC2(CCCC2)O1. The van der Waals surface area contributed by atoms with Crippen molar-refractivity contribution in [3.63, 3.8) is 0 Å². The van der Waals surface area contributed by atoms with E-state index < -0.39 is 0 Å². The van der Waals surface area contributed by atoms with Crippen LogP contribution in [0.3, 0.4) is 0 Å². The number of aromatic nitrogens is 2. The average molecular weight is 368 g/mol. The molecular formula is C21H28N4O2. The molecule has 1 saturated carbocycles. The number of aryl methyl sites for hydroxylation is 1. The minimum Gasteiger partial charge on any atom is -0.370 e. The molecule has 4 rings (SSSR count). The highest BCUT2D eigenvalue weighted by atomic mass is 16.5. The average Bonchev–Trinajstić information content (AvgIpc) is 3.41. The summed E-state index contributed by atoms with van der Waals surface area (Å²) in [6, 6.07) is 9.81. The maximum atomic E-state index is 12.2. The van der Waals surface area contributed by atoms with Gasteiger partial charge in [0.25, 0.3) is 0 Å². The third kappa shape index (κ3) is 4.16. The number of rotatable bonds is 5. The van der Waals surface area contributed by atoms with E-state index in [9.17, 15) is 4.79 Å². The summed E-state index contributed by atoms with van der Waals surface area (Å²) in [7, 11) is 0. The number of ether oxygens (including phenoxy) is 1. The summed E-state index contributed by atoms with van der Waals surface area (Å²) in [5.74, 6) is 0. The Morgan fingerprint density at radius 3 is 2.78 bits per heavy atom. The standard InChI is InChI=1S/C21H28N4O2/c1-16-17(15-25(24-16)18-7-3-2-4-8-18)13-22-20(26)23-14-19-9-12-21(27-19)10-5-6-11-21/h2-4,7-8,15,19H,5-6,9-14H2,1H3,(H2,22,23,26). The van der Waals surface area contributed by atoms with Gasteiger partial charge in [0.2, 0.25) is 0 Å². The lowest BCUT2D eigenvalue weighted by Crippen LogP contribution is -2.40. The van der Waals surface area contributed by atoms with Crippen LogP contribution < -0.4 is 10.6 Å². The van der Waals surface area contributed by atoms with Crippen molar-refractivity contribution in [2.24, 2.45) is 0 Å². The zero-order chi connectivity index (χ0) is 18.7. The third-order valence-corrected chi connectivity index (χ3v) is 5.80. The van der Waals surface area contributed by atoms with Gasteiger partial charge in [0.15, 0.2) is 0 Å². The van der Waals surface area contributed by atoms with Crippen LogP contribution in [0.4, 0.5) is 4.79 Å². The first-order chi connectivity index (χ1) is 13.1. The molecule has 1 unspecified atom stereocenters. The van der Waals surface area contributed by atoms with Gasteiger partial charge in [0.05, 0.1) is 23.1 Å². The van der Waals surface area contributed by atoms with Crippen molar-refractivity contribution in [2.45, 2.75) is 63.7 Å². The fraction of sp³-hybridized carbons (Fsp3) is 0.524. The topological polar surface area (TPSA) is 68.2 Å². The van der Waals surface area contributed by atoms with Crippen LogP contribution in [0.2, 0.25) is 0 Å². The first kappa shape index (κ1) is 18.0. The Morgan fingerprint density at radius 1 is 1.22 bits per heavy atom. The lowest BCUT2D eigenvalue weighted by molar-refractivity contribution is -0.0341. The monoisotopic (exact) mass is 368 g/mol. The largest absolute Gasteiger partial charge is 0.370 e. The summed E-state index contributed by atoms with van der Waals surface area (Å²) in [5.41, 5.74) is 3.05. The number of nitrogens with zero attached hydrogens (tertiary/aromatic N) is 2. The van der Waals surface area contributed by atoms with E-state index in [1.165, 1.54) is 25.7 Å². The highest BCUT2D eigenvalue weighted by molar-refractivity contribution is 5.73. The zero-order valence-electron chi connectivity index (χ0n) is 15.9. The zero-order valence-corrected chi connectivity index (χ0v) is 15.9. The van der Waals surface area contributed by atoms with Gasteiger partial charge in [-0.2, -0.15) is 5.10 Å². The van der Waals surface area contributed by atoms with Crippen LogP contribution in [0.1, 0.15) is 49.8 Å². The van der Waals surface area contributed by atoms with Gasteiger partial charge < -0.3 is 15.4 Å². The van der Waals surface area contributed by atoms with Crippen LogP contribution in [-0.4, -0.2) is 34.1 Å². The Balaban J connectivity index is 1.24. The van der Waals surface area contributed by atoms with Gasteiger partial charge in [-0.3, -0.25) is 0 Å².